The molecule has 0 spiro atoms. The van der Waals surface area contributed by atoms with Crippen LogP contribution < -0.4 is 21.7 Å². The molecular formula is C23H34F3N6O2S+. The molecule has 0 fully saturated rings. The van der Waals surface area contributed by atoms with Crippen LogP contribution in [0.15, 0.2) is 29.3 Å². The summed E-state index contributed by atoms with van der Waals surface area (Å²) in [5.74, 6) is 0.334. The molecular weight excluding hydrogens is 481 g/mol. The van der Waals surface area contributed by atoms with Crippen LogP contribution in [0.5, 0.6) is 0 Å². The molecule has 0 aliphatic heterocycles. The Morgan fingerprint density at radius 2 is 1.94 bits per heavy atom. The maximum absolute atomic E-state index is 13.1. The predicted molar refractivity (Wildman–Crippen MR) is 135 cm³/mol. The molecule has 0 unspecified atom stereocenters. The summed E-state index contributed by atoms with van der Waals surface area (Å²) in [6.45, 7) is 5.13. The summed E-state index contributed by atoms with van der Waals surface area (Å²) in [5, 5.41) is 18.2. The fourth-order valence-corrected chi connectivity index (χ4v) is 3.72. The highest BCUT2D eigenvalue weighted by Gasteiger charge is 2.31. The number of halogens is 3. The van der Waals surface area contributed by atoms with E-state index in [2.05, 4.69) is 52.4 Å². The van der Waals surface area contributed by atoms with Gasteiger partial charge in [-0.05, 0) is 56.3 Å². The van der Waals surface area contributed by atoms with Crippen molar-refractivity contribution in [1.82, 2.24) is 15.3 Å². The van der Waals surface area contributed by atoms with Crippen LogP contribution in [0.2, 0.25) is 0 Å². The molecule has 2 rings (SSSR count). The number of benzene rings is 1. The Kier molecular flexibility index (Phi) is 11.1. The molecule has 0 bridgehead atoms. The van der Waals surface area contributed by atoms with Crippen molar-refractivity contribution in [3.05, 3.63) is 35.4 Å². The summed E-state index contributed by atoms with van der Waals surface area (Å²) >= 11 is 3.48. The number of carbonyl (C=O) groups excluding carboxylic acids is 1. The van der Waals surface area contributed by atoms with Gasteiger partial charge in [0.25, 0.3) is 5.03 Å². The van der Waals surface area contributed by atoms with Crippen molar-refractivity contribution in [2.45, 2.75) is 56.8 Å². The summed E-state index contributed by atoms with van der Waals surface area (Å²) in [7, 11) is 0. The Morgan fingerprint density at radius 3 is 2.60 bits per heavy atom. The van der Waals surface area contributed by atoms with Crippen LogP contribution in [0.3, 0.4) is 0 Å². The molecule has 0 saturated heterocycles. The van der Waals surface area contributed by atoms with Crippen LogP contribution in [-0.2, 0) is 30.0 Å². The van der Waals surface area contributed by atoms with Gasteiger partial charge in [-0.2, -0.15) is 23.1 Å². The zero-order chi connectivity index (χ0) is 26.0. The highest BCUT2D eigenvalue weighted by atomic mass is 32.1. The molecule has 1 heterocycles. The maximum Gasteiger partial charge on any atom is 0.416 e. The van der Waals surface area contributed by atoms with E-state index in [1.165, 1.54) is 12.1 Å². The predicted octanol–water partition coefficient (Wildman–Crippen LogP) is 2.82. The highest BCUT2D eigenvalue weighted by molar-refractivity contribution is 7.58. The average Bonchev–Trinajstić information content (AvgIpc) is 2.76. The molecule has 2 aromatic rings. The van der Waals surface area contributed by atoms with Crippen LogP contribution in [0.25, 0.3) is 0 Å². The normalized spacial score (nSPS) is 12.6. The van der Waals surface area contributed by atoms with E-state index in [-0.39, 0.29) is 18.2 Å². The fourth-order valence-electron chi connectivity index (χ4n) is 3.36. The summed E-state index contributed by atoms with van der Waals surface area (Å²) < 4.78 is 39.3. The maximum atomic E-state index is 13.1. The SMILES string of the molecule is CC(C)CCc1c([SH2+])nc(N)nc1N[C@@H](CCCNCCO)C(=O)Nc1cccc(C(F)(F)F)c1. The monoisotopic (exact) mass is 515 g/mol. The zero-order valence-electron chi connectivity index (χ0n) is 19.9. The second kappa shape index (κ2) is 13.5. The second-order valence-corrected chi connectivity index (χ2v) is 9.04. The van der Waals surface area contributed by atoms with Crippen LogP contribution in [0.4, 0.5) is 30.6 Å². The number of alkyl halides is 3. The number of nitrogens with zero attached hydrogens (tertiary/aromatic N) is 2. The Morgan fingerprint density at radius 1 is 1.20 bits per heavy atom. The van der Waals surface area contributed by atoms with E-state index in [0.29, 0.717) is 49.1 Å². The van der Waals surface area contributed by atoms with Crippen molar-refractivity contribution in [1.29, 1.82) is 0 Å². The third-order valence-corrected chi connectivity index (χ3v) is 5.63. The van der Waals surface area contributed by atoms with E-state index in [1.807, 2.05) is 0 Å². The minimum Gasteiger partial charge on any atom is -0.395 e. The summed E-state index contributed by atoms with van der Waals surface area (Å²) in [5.41, 5.74) is 5.79. The molecule has 6 N–H and O–H groups in total. The minimum absolute atomic E-state index is 0.00896. The number of anilines is 3. The van der Waals surface area contributed by atoms with Gasteiger partial charge in [-0.15, -0.1) is 0 Å². The molecule has 1 aromatic carbocycles. The molecule has 35 heavy (non-hydrogen) atoms. The number of amides is 1. The number of aliphatic hydroxyl groups is 1. The minimum atomic E-state index is -4.52. The van der Waals surface area contributed by atoms with Gasteiger partial charge in [0.05, 0.1) is 17.7 Å². The van der Waals surface area contributed by atoms with E-state index in [9.17, 15) is 18.0 Å². The molecule has 0 radical (unpaired) electrons. The van der Waals surface area contributed by atoms with E-state index in [0.717, 1.165) is 24.1 Å². The number of carbonyl (C=O) groups is 1. The lowest BCUT2D eigenvalue weighted by Crippen LogP contribution is -2.36. The highest BCUT2D eigenvalue weighted by Crippen LogP contribution is 2.31. The first-order valence-corrected chi connectivity index (χ1v) is 12.0. The third kappa shape index (κ3) is 9.54. The van der Waals surface area contributed by atoms with Gasteiger partial charge >= 0.3 is 6.18 Å². The summed E-state index contributed by atoms with van der Waals surface area (Å²) in [6.07, 6.45) is -2.11. The van der Waals surface area contributed by atoms with Gasteiger partial charge in [0.15, 0.2) is 0 Å². The van der Waals surface area contributed by atoms with E-state index < -0.39 is 23.7 Å². The molecule has 194 valence electrons. The van der Waals surface area contributed by atoms with Crippen LogP contribution in [0, 0.1) is 5.92 Å². The molecule has 1 atom stereocenters. The van der Waals surface area contributed by atoms with Gasteiger partial charge in [-0.3, -0.25) is 4.79 Å². The zero-order valence-corrected chi connectivity index (χ0v) is 20.9. The molecule has 1 amide bonds. The Bertz CT molecular complexity index is 975. The number of hydrogen-bond donors (Lipinski definition) is 5. The number of nitrogens with two attached hydrogens (primary N) is 1. The van der Waals surface area contributed by atoms with Crippen molar-refractivity contribution in [3.63, 3.8) is 0 Å². The summed E-state index contributed by atoms with van der Waals surface area (Å²) in [6, 6.07) is 3.68. The van der Waals surface area contributed by atoms with E-state index >= 15 is 0 Å². The molecule has 0 aliphatic carbocycles. The van der Waals surface area contributed by atoms with Crippen molar-refractivity contribution < 1.29 is 23.1 Å². The molecule has 8 nitrogen and oxygen atoms in total. The molecule has 12 heteroatoms. The Hall–Kier alpha value is -2.57. The second-order valence-electron chi connectivity index (χ2n) is 8.57. The smallest absolute Gasteiger partial charge is 0.395 e. The van der Waals surface area contributed by atoms with Crippen LogP contribution in [0.1, 0.15) is 44.2 Å². The van der Waals surface area contributed by atoms with Gasteiger partial charge in [-0.1, -0.05) is 19.9 Å². The van der Waals surface area contributed by atoms with E-state index in [1.54, 1.807) is 0 Å². The van der Waals surface area contributed by atoms with E-state index in [4.69, 9.17) is 10.8 Å². The fraction of sp³-hybridized carbons (Fsp3) is 0.522. The first-order valence-electron chi connectivity index (χ1n) is 11.5. The number of nitrogens with one attached hydrogen (secondary N) is 3. The molecule has 1 aromatic heterocycles. The lowest BCUT2D eigenvalue weighted by molar-refractivity contribution is -0.137. The summed E-state index contributed by atoms with van der Waals surface area (Å²) in [4.78, 5) is 21.6. The van der Waals surface area contributed by atoms with Gasteiger partial charge in [0, 0.05) is 24.9 Å². The number of aliphatic hydroxyl groups excluding tert-OH is 1. The Balaban J connectivity index is 2.27. The van der Waals surface area contributed by atoms with Gasteiger partial charge in [-0.25, -0.2) is 0 Å². The number of nitrogen functional groups attached to an aromatic ring is 1. The topological polar surface area (TPSA) is 125 Å². The number of hydrogen-bond acceptors (Lipinski definition) is 7. The van der Waals surface area contributed by atoms with Crippen molar-refractivity contribution in [3.8, 4) is 0 Å². The van der Waals surface area contributed by atoms with Gasteiger partial charge < -0.3 is 26.8 Å². The van der Waals surface area contributed by atoms with Gasteiger partial charge in [0.2, 0.25) is 11.9 Å². The molecule has 0 aliphatic rings. The van der Waals surface area contributed by atoms with Crippen LogP contribution >= 0.6 is 0 Å². The first-order chi connectivity index (χ1) is 16.5. The van der Waals surface area contributed by atoms with Gasteiger partial charge in [0.1, 0.15) is 11.9 Å². The van der Waals surface area contributed by atoms with Crippen LogP contribution in [-0.4, -0.2) is 46.7 Å². The Labute approximate surface area is 208 Å². The molecule has 0 saturated carbocycles. The third-order valence-electron chi connectivity index (χ3n) is 5.22. The first kappa shape index (κ1) is 28.7. The average molecular weight is 516 g/mol. The van der Waals surface area contributed by atoms with Crippen molar-refractivity contribution in [2.24, 2.45) is 5.92 Å². The lowest BCUT2D eigenvalue weighted by Gasteiger charge is -2.21. The quantitative estimate of drug-likeness (QED) is 0.158. The van der Waals surface area contributed by atoms with Crippen molar-refractivity contribution in [2.75, 3.05) is 36.1 Å². The van der Waals surface area contributed by atoms with Crippen molar-refractivity contribution >= 4 is 36.0 Å². The largest absolute Gasteiger partial charge is 0.416 e. The number of rotatable bonds is 13. The standard InChI is InChI=1S/C23H33F3N6O2S/c1-14(2)8-9-17-19(31-22(27)32-21(17)35)30-18(7-4-10-28-11-12-33)20(34)29-16-6-3-5-15(13-16)23(24,25)26/h3,5-6,13-14,18,28,33H,4,7-12H2,1-2H3,(H,29,34)(H4,27,30,31,32,35)/p+1/t18-/m0/s1. The lowest BCUT2D eigenvalue weighted by atomic mass is 10.0. The number of aromatic nitrogens is 2.